The van der Waals surface area contributed by atoms with Crippen molar-refractivity contribution in [3.05, 3.63) is 58.6 Å². The highest BCUT2D eigenvalue weighted by Gasteiger charge is 2.09. The Balaban J connectivity index is 1.92. The molecule has 0 saturated carbocycles. The molecule has 0 aliphatic rings. The first-order valence-electron chi connectivity index (χ1n) is 7.61. The summed E-state index contributed by atoms with van der Waals surface area (Å²) in [4.78, 5) is 24.0. The molecule has 130 valence electrons. The molecule has 0 unspecified atom stereocenters. The van der Waals surface area contributed by atoms with Gasteiger partial charge in [0.15, 0.2) is 0 Å². The number of benzene rings is 2. The van der Waals surface area contributed by atoms with E-state index in [1.807, 2.05) is 13.0 Å². The standard InChI is InChI=1S/C18H19ClN4O2/c1-11-7-8-13(10-15(11)19)21-17(24)9-12(2)22-23-18(25)14-5-3-4-6-16(14)20/h3-8,10H,9,20H2,1-2H3,(H,21,24)(H,23,25)/b22-12+. The second-order valence-corrected chi connectivity index (χ2v) is 5.97. The molecule has 0 aromatic heterocycles. The van der Waals surface area contributed by atoms with Gasteiger partial charge in [-0.2, -0.15) is 5.10 Å². The summed E-state index contributed by atoms with van der Waals surface area (Å²) in [7, 11) is 0. The molecule has 0 heterocycles. The molecule has 25 heavy (non-hydrogen) atoms. The molecule has 0 saturated heterocycles. The molecule has 0 radical (unpaired) electrons. The topological polar surface area (TPSA) is 96.6 Å². The molecule has 0 bridgehead atoms. The minimum absolute atomic E-state index is 0.0377. The zero-order valence-electron chi connectivity index (χ0n) is 14.0. The summed E-state index contributed by atoms with van der Waals surface area (Å²) in [5.74, 6) is -0.683. The number of nitrogen functional groups attached to an aromatic ring is 1. The Bertz CT molecular complexity index is 834. The second-order valence-electron chi connectivity index (χ2n) is 5.56. The average Bonchev–Trinajstić information content (AvgIpc) is 2.56. The van der Waals surface area contributed by atoms with Gasteiger partial charge >= 0.3 is 0 Å². The third kappa shape index (κ3) is 5.32. The van der Waals surface area contributed by atoms with Crippen LogP contribution in [0.15, 0.2) is 47.6 Å². The lowest BCUT2D eigenvalue weighted by atomic mass is 10.2. The summed E-state index contributed by atoms with van der Waals surface area (Å²) in [5, 5.41) is 7.24. The first-order valence-corrected chi connectivity index (χ1v) is 7.98. The lowest BCUT2D eigenvalue weighted by Gasteiger charge is -2.07. The van der Waals surface area contributed by atoms with Gasteiger partial charge in [-0.15, -0.1) is 0 Å². The number of nitrogens with one attached hydrogen (secondary N) is 2. The molecule has 4 N–H and O–H groups in total. The van der Waals surface area contributed by atoms with Crippen molar-refractivity contribution in [2.24, 2.45) is 5.10 Å². The number of nitrogens with zero attached hydrogens (tertiary/aromatic N) is 1. The van der Waals surface area contributed by atoms with Crippen LogP contribution in [-0.4, -0.2) is 17.5 Å². The number of hydrogen-bond donors (Lipinski definition) is 3. The van der Waals surface area contributed by atoms with Gasteiger partial charge in [0, 0.05) is 22.1 Å². The Labute approximate surface area is 151 Å². The first-order chi connectivity index (χ1) is 11.9. The van der Waals surface area contributed by atoms with Crippen LogP contribution >= 0.6 is 11.6 Å². The fourth-order valence-electron chi connectivity index (χ4n) is 2.06. The zero-order chi connectivity index (χ0) is 18.4. The van der Waals surface area contributed by atoms with Crippen molar-refractivity contribution in [3.8, 4) is 0 Å². The van der Waals surface area contributed by atoms with Crippen LogP contribution in [0.1, 0.15) is 29.3 Å². The van der Waals surface area contributed by atoms with Crippen LogP contribution in [0, 0.1) is 6.92 Å². The van der Waals surface area contributed by atoms with Gasteiger partial charge in [-0.05, 0) is 43.7 Å². The number of carbonyl (C=O) groups is 2. The molecule has 2 rings (SSSR count). The van der Waals surface area contributed by atoms with Crippen molar-refractivity contribution in [1.82, 2.24) is 5.43 Å². The Morgan fingerprint density at radius 3 is 2.60 bits per heavy atom. The molecule has 0 fully saturated rings. The van der Waals surface area contributed by atoms with Gasteiger partial charge in [-0.25, -0.2) is 5.43 Å². The Morgan fingerprint density at radius 2 is 1.92 bits per heavy atom. The van der Waals surface area contributed by atoms with Gasteiger partial charge in [0.25, 0.3) is 5.91 Å². The number of hydrogen-bond acceptors (Lipinski definition) is 4. The van der Waals surface area contributed by atoms with Crippen molar-refractivity contribution in [2.75, 3.05) is 11.1 Å². The molecule has 2 aromatic carbocycles. The summed E-state index contributed by atoms with van der Waals surface area (Å²) < 4.78 is 0. The van der Waals surface area contributed by atoms with E-state index in [0.717, 1.165) is 5.56 Å². The maximum atomic E-state index is 12.0. The summed E-state index contributed by atoms with van der Waals surface area (Å²) in [6.45, 7) is 3.53. The smallest absolute Gasteiger partial charge is 0.273 e. The number of aryl methyl sites for hydroxylation is 1. The molecular weight excluding hydrogens is 340 g/mol. The van der Waals surface area contributed by atoms with Gasteiger partial charge < -0.3 is 11.1 Å². The summed E-state index contributed by atoms with van der Waals surface area (Å²) in [6.07, 6.45) is 0.0377. The highest BCUT2D eigenvalue weighted by molar-refractivity contribution is 6.31. The fourth-order valence-corrected chi connectivity index (χ4v) is 2.24. The van der Waals surface area contributed by atoms with E-state index in [0.29, 0.717) is 27.7 Å². The minimum atomic E-state index is -0.428. The molecule has 6 nitrogen and oxygen atoms in total. The van der Waals surface area contributed by atoms with E-state index in [-0.39, 0.29) is 12.3 Å². The van der Waals surface area contributed by atoms with Crippen molar-refractivity contribution >= 4 is 40.5 Å². The van der Waals surface area contributed by atoms with E-state index in [1.165, 1.54) is 0 Å². The number of anilines is 2. The number of nitrogens with two attached hydrogens (primary N) is 1. The molecule has 0 spiro atoms. The third-order valence-corrected chi connectivity index (χ3v) is 3.83. The lowest BCUT2D eigenvalue weighted by Crippen LogP contribution is -2.22. The molecule has 2 amide bonds. The predicted molar refractivity (Wildman–Crippen MR) is 101 cm³/mol. The molecule has 0 aliphatic heterocycles. The SMILES string of the molecule is C/C(CC(=O)Nc1ccc(C)c(Cl)c1)=N\NC(=O)c1ccccc1N. The molecular formula is C18H19ClN4O2. The van der Waals surface area contributed by atoms with Crippen LogP contribution in [0.5, 0.6) is 0 Å². The average molecular weight is 359 g/mol. The number of hydrazone groups is 1. The van der Waals surface area contributed by atoms with Crippen LogP contribution < -0.4 is 16.5 Å². The van der Waals surface area contributed by atoms with Crippen LogP contribution in [0.2, 0.25) is 5.02 Å². The largest absolute Gasteiger partial charge is 0.398 e. The predicted octanol–water partition coefficient (Wildman–Crippen LogP) is 3.37. The van der Waals surface area contributed by atoms with Crippen molar-refractivity contribution in [3.63, 3.8) is 0 Å². The maximum Gasteiger partial charge on any atom is 0.273 e. The van der Waals surface area contributed by atoms with Crippen molar-refractivity contribution in [1.29, 1.82) is 0 Å². The molecule has 7 heteroatoms. The van der Waals surface area contributed by atoms with Crippen molar-refractivity contribution in [2.45, 2.75) is 20.3 Å². The van der Waals surface area contributed by atoms with Crippen molar-refractivity contribution < 1.29 is 9.59 Å². The lowest BCUT2D eigenvalue weighted by molar-refractivity contribution is -0.115. The van der Waals surface area contributed by atoms with E-state index in [2.05, 4.69) is 15.8 Å². The van der Waals surface area contributed by atoms with Gasteiger partial charge in [-0.3, -0.25) is 9.59 Å². The minimum Gasteiger partial charge on any atom is -0.398 e. The first kappa shape index (κ1) is 18.5. The van der Waals surface area contributed by atoms with E-state index in [9.17, 15) is 9.59 Å². The Hall–Kier alpha value is -2.86. The number of amides is 2. The molecule has 0 aliphatic carbocycles. The summed E-state index contributed by atoms with van der Waals surface area (Å²) in [6, 6.07) is 12.0. The third-order valence-electron chi connectivity index (χ3n) is 3.43. The van der Waals surface area contributed by atoms with Crippen LogP contribution in [-0.2, 0) is 4.79 Å². The Kier molecular flexibility index (Phi) is 6.14. The molecule has 0 atom stereocenters. The number of halogens is 1. The summed E-state index contributed by atoms with van der Waals surface area (Å²) in [5.41, 5.74) is 10.8. The van der Waals surface area contributed by atoms with Crippen LogP contribution in [0.4, 0.5) is 11.4 Å². The van der Waals surface area contributed by atoms with E-state index in [1.54, 1.807) is 43.3 Å². The fraction of sp³-hybridized carbons (Fsp3) is 0.167. The maximum absolute atomic E-state index is 12.0. The van der Waals surface area contributed by atoms with Gasteiger partial charge in [0.1, 0.15) is 0 Å². The van der Waals surface area contributed by atoms with Gasteiger partial charge in [0.05, 0.1) is 12.0 Å². The molecule has 2 aromatic rings. The number of para-hydroxylation sites is 1. The van der Waals surface area contributed by atoms with Gasteiger partial charge in [0.2, 0.25) is 5.91 Å². The highest BCUT2D eigenvalue weighted by Crippen LogP contribution is 2.20. The zero-order valence-corrected chi connectivity index (χ0v) is 14.7. The van der Waals surface area contributed by atoms with Crippen LogP contribution in [0.25, 0.3) is 0 Å². The quantitative estimate of drug-likeness (QED) is 0.434. The summed E-state index contributed by atoms with van der Waals surface area (Å²) >= 11 is 6.03. The van der Waals surface area contributed by atoms with E-state index < -0.39 is 5.91 Å². The van der Waals surface area contributed by atoms with Crippen LogP contribution in [0.3, 0.4) is 0 Å². The van der Waals surface area contributed by atoms with Gasteiger partial charge in [-0.1, -0.05) is 29.8 Å². The highest BCUT2D eigenvalue weighted by atomic mass is 35.5. The Morgan fingerprint density at radius 1 is 1.20 bits per heavy atom. The monoisotopic (exact) mass is 358 g/mol. The normalized spacial score (nSPS) is 11.1. The van der Waals surface area contributed by atoms with E-state index >= 15 is 0 Å². The number of carbonyl (C=O) groups excluding carboxylic acids is 2. The second kappa shape index (κ2) is 8.30. The van der Waals surface area contributed by atoms with E-state index in [4.69, 9.17) is 17.3 Å². The number of rotatable bonds is 5.